The van der Waals surface area contributed by atoms with E-state index in [1.54, 1.807) is 18.7 Å². The van der Waals surface area contributed by atoms with Crippen molar-refractivity contribution in [3.63, 3.8) is 0 Å². The van der Waals surface area contributed by atoms with Crippen molar-refractivity contribution in [2.24, 2.45) is 7.05 Å². The molecule has 0 atom stereocenters. The number of rotatable bonds is 7. The Balaban J connectivity index is 1.97. The van der Waals surface area contributed by atoms with E-state index in [9.17, 15) is 4.79 Å². The molecule has 0 bridgehead atoms. The summed E-state index contributed by atoms with van der Waals surface area (Å²) in [5.74, 6) is 1.94. The predicted molar refractivity (Wildman–Crippen MR) is 112 cm³/mol. The Kier molecular flexibility index (Phi) is 5.35. The number of nitrogens with zero attached hydrogens (tertiary/aromatic N) is 6. The van der Waals surface area contributed by atoms with Crippen molar-refractivity contribution in [2.75, 3.05) is 6.61 Å². The van der Waals surface area contributed by atoms with Gasteiger partial charge in [-0.2, -0.15) is 14.8 Å². The maximum absolute atomic E-state index is 13.2. The van der Waals surface area contributed by atoms with Crippen LogP contribution in [0.15, 0.2) is 33.6 Å². The number of para-hydroxylation sites is 1. The number of benzene rings is 1. The lowest BCUT2D eigenvalue weighted by Gasteiger charge is -2.13. The van der Waals surface area contributed by atoms with E-state index in [4.69, 9.17) is 14.2 Å². The Hall–Kier alpha value is -3.49. The summed E-state index contributed by atoms with van der Waals surface area (Å²) in [6.45, 7) is 6.40. The molecule has 4 rings (SSSR count). The zero-order valence-electron chi connectivity index (χ0n) is 17.5. The zero-order valence-corrected chi connectivity index (χ0v) is 17.5. The van der Waals surface area contributed by atoms with Crippen molar-refractivity contribution in [2.45, 2.75) is 40.0 Å². The molecular formula is C21H24N6O3. The van der Waals surface area contributed by atoms with Crippen LogP contribution in [0, 0.1) is 6.92 Å². The number of hydrogen-bond acceptors (Lipinski definition) is 7. The second-order valence-electron chi connectivity index (χ2n) is 7.06. The lowest BCUT2D eigenvalue weighted by atomic mass is 10.1. The second-order valence-corrected chi connectivity index (χ2v) is 7.06. The van der Waals surface area contributed by atoms with Crippen LogP contribution in [-0.4, -0.2) is 36.1 Å². The molecule has 9 nitrogen and oxygen atoms in total. The molecule has 30 heavy (non-hydrogen) atoms. The van der Waals surface area contributed by atoms with Gasteiger partial charge in [-0.25, -0.2) is 4.98 Å². The second kappa shape index (κ2) is 8.10. The van der Waals surface area contributed by atoms with Gasteiger partial charge in [-0.1, -0.05) is 32.4 Å². The third kappa shape index (κ3) is 3.36. The maximum atomic E-state index is 13.2. The minimum Gasteiger partial charge on any atom is -0.493 e. The van der Waals surface area contributed by atoms with Crippen LogP contribution in [0.25, 0.3) is 28.4 Å². The van der Waals surface area contributed by atoms with Crippen molar-refractivity contribution in [1.82, 2.24) is 29.5 Å². The van der Waals surface area contributed by atoms with Crippen LogP contribution in [0.2, 0.25) is 0 Å². The smallest absolute Gasteiger partial charge is 0.291 e. The minimum atomic E-state index is -0.239. The average molecular weight is 408 g/mol. The van der Waals surface area contributed by atoms with Gasteiger partial charge in [0.25, 0.3) is 11.5 Å². The molecule has 0 fully saturated rings. The lowest BCUT2D eigenvalue weighted by molar-refractivity contribution is 0.318. The molecule has 0 amide bonds. The van der Waals surface area contributed by atoms with Gasteiger partial charge in [0, 0.05) is 14.0 Å². The molecular weight excluding hydrogens is 384 g/mol. The van der Waals surface area contributed by atoms with Crippen LogP contribution in [0.4, 0.5) is 0 Å². The van der Waals surface area contributed by atoms with Crippen LogP contribution in [0.3, 0.4) is 0 Å². The van der Waals surface area contributed by atoms with Gasteiger partial charge in [0.05, 0.1) is 17.9 Å². The summed E-state index contributed by atoms with van der Waals surface area (Å²) in [5, 5.41) is 8.45. The molecule has 0 aliphatic heterocycles. The highest BCUT2D eigenvalue weighted by Crippen LogP contribution is 2.29. The molecule has 0 radical (unpaired) electrons. The molecule has 0 spiro atoms. The molecule has 3 heterocycles. The van der Waals surface area contributed by atoms with E-state index in [0.717, 1.165) is 24.1 Å². The number of hydrogen-bond donors (Lipinski definition) is 0. The van der Waals surface area contributed by atoms with Crippen LogP contribution in [-0.2, 0) is 13.5 Å². The first-order valence-corrected chi connectivity index (χ1v) is 10.1. The SMILES string of the molecule is CCCOc1ccccc1-c1nc2c(CCC)n(-c3noc(C)n3)nc2c(=O)n1C. The molecule has 0 aliphatic rings. The summed E-state index contributed by atoms with van der Waals surface area (Å²) in [4.78, 5) is 22.3. The monoisotopic (exact) mass is 408 g/mol. The summed E-state index contributed by atoms with van der Waals surface area (Å²) in [6.07, 6.45) is 2.40. The summed E-state index contributed by atoms with van der Waals surface area (Å²) in [5.41, 5.74) is 2.12. The normalized spacial score (nSPS) is 11.3. The average Bonchev–Trinajstić information content (AvgIpc) is 3.33. The number of aromatic nitrogens is 6. The van der Waals surface area contributed by atoms with Gasteiger partial charge in [-0.3, -0.25) is 9.36 Å². The molecule has 0 unspecified atom stereocenters. The third-order valence-corrected chi connectivity index (χ3v) is 4.78. The summed E-state index contributed by atoms with van der Waals surface area (Å²) >= 11 is 0. The van der Waals surface area contributed by atoms with Gasteiger partial charge in [0.2, 0.25) is 5.89 Å². The van der Waals surface area contributed by atoms with Crippen molar-refractivity contribution in [1.29, 1.82) is 0 Å². The molecule has 4 aromatic rings. The van der Waals surface area contributed by atoms with E-state index in [1.165, 1.54) is 4.57 Å². The van der Waals surface area contributed by atoms with Crippen LogP contribution < -0.4 is 10.3 Å². The van der Waals surface area contributed by atoms with Crippen molar-refractivity contribution >= 4 is 11.0 Å². The summed E-state index contributed by atoms with van der Waals surface area (Å²) < 4.78 is 14.1. The lowest BCUT2D eigenvalue weighted by Crippen LogP contribution is -2.20. The van der Waals surface area contributed by atoms with E-state index < -0.39 is 0 Å². The number of ether oxygens (including phenoxy) is 1. The van der Waals surface area contributed by atoms with E-state index in [0.29, 0.717) is 42.0 Å². The van der Waals surface area contributed by atoms with Gasteiger partial charge in [0.15, 0.2) is 5.52 Å². The van der Waals surface area contributed by atoms with Crippen molar-refractivity contribution in [3.8, 4) is 23.1 Å². The fraction of sp³-hybridized carbons (Fsp3) is 0.381. The predicted octanol–water partition coefficient (Wildman–Crippen LogP) is 3.22. The fourth-order valence-electron chi connectivity index (χ4n) is 3.37. The van der Waals surface area contributed by atoms with E-state index in [-0.39, 0.29) is 11.1 Å². The summed E-state index contributed by atoms with van der Waals surface area (Å²) in [7, 11) is 1.69. The Morgan fingerprint density at radius 3 is 2.60 bits per heavy atom. The third-order valence-electron chi connectivity index (χ3n) is 4.78. The first-order valence-electron chi connectivity index (χ1n) is 10.1. The highest BCUT2D eigenvalue weighted by atomic mass is 16.5. The Bertz CT molecular complexity index is 1250. The standard InChI is InChI=1S/C21H24N6O3/c1-5-9-15-17-18(24-27(15)21-22-13(3)30-25-21)20(28)26(4)19(23-17)14-10-7-8-11-16(14)29-12-6-2/h7-8,10-11H,5-6,9,12H2,1-4H3. The first kappa shape index (κ1) is 19.8. The zero-order chi connectivity index (χ0) is 21.3. The van der Waals surface area contributed by atoms with Gasteiger partial charge >= 0.3 is 0 Å². The maximum Gasteiger partial charge on any atom is 0.291 e. The molecule has 0 N–H and O–H groups in total. The van der Waals surface area contributed by atoms with Crippen molar-refractivity contribution in [3.05, 3.63) is 46.2 Å². The molecule has 1 aromatic carbocycles. The van der Waals surface area contributed by atoms with E-state index in [1.807, 2.05) is 31.2 Å². The van der Waals surface area contributed by atoms with Crippen molar-refractivity contribution < 1.29 is 9.26 Å². The first-order chi connectivity index (χ1) is 14.5. The van der Waals surface area contributed by atoms with Crippen LogP contribution >= 0.6 is 0 Å². The van der Waals surface area contributed by atoms with Gasteiger partial charge in [-0.15, -0.1) is 0 Å². The minimum absolute atomic E-state index is 0.239. The number of aryl methyl sites for hydroxylation is 2. The molecule has 0 aliphatic carbocycles. The van der Waals surface area contributed by atoms with Crippen LogP contribution in [0.1, 0.15) is 38.3 Å². The summed E-state index contributed by atoms with van der Waals surface area (Å²) in [6, 6.07) is 7.61. The van der Waals surface area contributed by atoms with E-state index >= 15 is 0 Å². The molecule has 0 saturated carbocycles. The van der Waals surface area contributed by atoms with Crippen LogP contribution in [0.5, 0.6) is 5.75 Å². The largest absolute Gasteiger partial charge is 0.493 e. The number of fused-ring (bicyclic) bond motifs is 1. The molecule has 0 saturated heterocycles. The highest BCUT2D eigenvalue weighted by Gasteiger charge is 2.22. The molecule has 9 heteroatoms. The van der Waals surface area contributed by atoms with Gasteiger partial charge in [-0.05, 0) is 30.1 Å². The van der Waals surface area contributed by atoms with Gasteiger partial charge < -0.3 is 9.26 Å². The fourth-order valence-corrected chi connectivity index (χ4v) is 3.37. The van der Waals surface area contributed by atoms with E-state index in [2.05, 4.69) is 22.2 Å². The molecule has 156 valence electrons. The topological polar surface area (TPSA) is 101 Å². The quantitative estimate of drug-likeness (QED) is 0.463. The molecule has 3 aromatic heterocycles. The van der Waals surface area contributed by atoms with Gasteiger partial charge in [0.1, 0.15) is 17.1 Å². The Labute approximate surface area is 173 Å². The Morgan fingerprint density at radius 1 is 1.10 bits per heavy atom. The highest BCUT2D eigenvalue weighted by molar-refractivity contribution is 5.80. The Morgan fingerprint density at radius 2 is 1.90 bits per heavy atom.